The van der Waals surface area contributed by atoms with Gasteiger partial charge in [0.2, 0.25) is 5.91 Å². The maximum absolute atomic E-state index is 12.8. The molecule has 1 heterocycles. The van der Waals surface area contributed by atoms with Crippen molar-refractivity contribution < 1.29 is 19.1 Å². The second kappa shape index (κ2) is 9.37. The normalized spacial score (nSPS) is 13.9. The number of hydrogen-bond acceptors (Lipinski definition) is 4. The highest BCUT2D eigenvalue weighted by molar-refractivity contribution is 6.03. The minimum absolute atomic E-state index is 0.0918. The van der Waals surface area contributed by atoms with E-state index in [1.807, 2.05) is 32.0 Å². The van der Waals surface area contributed by atoms with E-state index in [4.69, 9.17) is 9.47 Å². The first-order chi connectivity index (χ1) is 13.6. The van der Waals surface area contributed by atoms with Crippen molar-refractivity contribution >= 4 is 17.5 Å². The molecule has 0 spiro atoms. The summed E-state index contributed by atoms with van der Waals surface area (Å²) >= 11 is 0. The minimum atomic E-state index is -0.187. The first-order valence-electron chi connectivity index (χ1n) is 9.51. The van der Waals surface area contributed by atoms with E-state index in [2.05, 4.69) is 5.32 Å². The molecule has 1 N–H and O–H groups in total. The van der Waals surface area contributed by atoms with Crippen LogP contribution in [0.2, 0.25) is 0 Å². The molecule has 0 aromatic heterocycles. The van der Waals surface area contributed by atoms with Gasteiger partial charge in [-0.05, 0) is 43.2 Å². The summed E-state index contributed by atoms with van der Waals surface area (Å²) in [6, 6.07) is 12.9. The highest BCUT2D eigenvalue weighted by Crippen LogP contribution is 2.21. The highest BCUT2D eigenvalue weighted by atomic mass is 16.5. The van der Waals surface area contributed by atoms with Crippen molar-refractivity contribution in [1.29, 1.82) is 0 Å². The molecule has 6 nitrogen and oxygen atoms in total. The molecule has 1 aliphatic rings. The summed E-state index contributed by atoms with van der Waals surface area (Å²) < 4.78 is 11.0. The standard InChI is InChI=1S/C22H26N2O4/c1-16-6-5-9-20(17(16)2)28-13-10-21(25)23-19-8-4-3-7-18(19)22(26)24-11-14-27-15-12-24/h3-9H,10-15H2,1-2H3,(H,23,25). The molecule has 0 atom stereocenters. The summed E-state index contributed by atoms with van der Waals surface area (Å²) in [6.07, 6.45) is 0.202. The monoisotopic (exact) mass is 382 g/mol. The van der Waals surface area contributed by atoms with Crippen LogP contribution in [0.4, 0.5) is 5.69 Å². The fourth-order valence-electron chi connectivity index (χ4n) is 3.06. The number of ether oxygens (including phenoxy) is 2. The largest absolute Gasteiger partial charge is 0.493 e. The zero-order valence-corrected chi connectivity index (χ0v) is 16.4. The van der Waals surface area contributed by atoms with Crippen molar-refractivity contribution in [2.75, 3.05) is 38.2 Å². The van der Waals surface area contributed by atoms with Crippen molar-refractivity contribution in [3.05, 3.63) is 59.2 Å². The molecule has 28 heavy (non-hydrogen) atoms. The summed E-state index contributed by atoms with van der Waals surface area (Å²) in [5.41, 5.74) is 3.24. The number of carbonyl (C=O) groups is 2. The molecule has 1 fully saturated rings. The van der Waals surface area contributed by atoms with Crippen LogP contribution in [-0.4, -0.2) is 49.6 Å². The first-order valence-corrected chi connectivity index (χ1v) is 9.51. The van der Waals surface area contributed by atoms with E-state index in [0.717, 1.165) is 16.9 Å². The molecule has 6 heteroatoms. The molecule has 2 aromatic rings. The first kappa shape index (κ1) is 19.9. The molecule has 3 rings (SSSR count). The van der Waals surface area contributed by atoms with E-state index in [1.165, 1.54) is 0 Å². The van der Waals surface area contributed by atoms with Crippen molar-refractivity contribution in [3.8, 4) is 5.75 Å². The highest BCUT2D eigenvalue weighted by Gasteiger charge is 2.21. The van der Waals surface area contributed by atoms with Gasteiger partial charge >= 0.3 is 0 Å². The van der Waals surface area contributed by atoms with E-state index in [1.54, 1.807) is 29.2 Å². The van der Waals surface area contributed by atoms with Crippen LogP contribution in [0.1, 0.15) is 27.9 Å². The molecular weight excluding hydrogens is 356 g/mol. The van der Waals surface area contributed by atoms with Crippen molar-refractivity contribution in [3.63, 3.8) is 0 Å². The molecule has 0 saturated carbocycles. The maximum atomic E-state index is 12.8. The molecule has 0 radical (unpaired) electrons. The lowest BCUT2D eigenvalue weighted by atomic mass is 10.1. The number of nitrogens with zero attached hydrogens (tertiary/aromatic N) is 1. The smallest absolute Gasteiger partial charge is 0.256 e. The number of carbonyl (C=O) groups excluding carboxylic acids is 2. The number of para-hydroxylation sites is 1. The zero-order valence-electron chi connectivity index (χ0n) is 16.4. The van der Waals surface area contributed by atoms with Gasteiger partial charge in [0.1, 0.15) is 5.75 Å². The summed E-state index contributed by atoms with van der Waals surface area (Å²) in [7, 11) is 0. The quantitative estimate of drug-likeness (QED) is 0.833. The number of anilines is 1. The van der Waals surface area contributed by atoms with Crippen LogP contribution < -0.4 is 10.1 Å². The third kappa shape index (κ3) is 4.89. The molecule has 0 bridgehead atoms. The number of rotatable bonds is 6. The molecule has 1 saturated heterocycles. The second-order valence-corrected chi connectivity index (χ2v) is 6.79. The van der Waals surface area contributed by atoms with Crippen LogP contribution in [0.5, 0.6) is 5.75 Å². The molecule has 148 valence electrons. The van der Waals surface area contributed by atoms with E-state index in [9.17, 15) is 9.59 Å². The van der Waals surface area contributed by atoms with Gasteiger partial charge in [0.15, 0.2) is 0 Å². The van der Waals surface area contributed by atoms with Gasteiger partial charge in [-0.25, -0.2) is 0 Å². The summed E-state index contributed by atoms with van der Waals surface area (Å²) in [6.45, 7) is 6.49. The van der Waals surface area contributed by atoms with E-state index < -0.39 is 0 Å². The number of benzene rings is 2. The van der Waals surface area contributed by atoms with Crippen molar-refractivity contribution in [2.24, 2.45) is 0 Å². The van der Waals surface area contributed by atoms with Gasteiger partial charge in [0, 0.05) is 13.1 Å². The molecule has 0 unspecified atom stereocenters. The van der Waals surface area contributed by atoms with Gasteiger partial charge in [-0.2, -0.15) is 0 Å². The fourth-order valence-corrected chi connectivity index (χ4v) is 3.06. The molecule has 1 aliphatic heterocycles. The van der Waals surface area contributed by atoms with Gasteiger partial charge in [-0.1, -0.05) is 24.3 Å². The van der Waals surface area contributed by atoms with Crippen LogP contribution in [-0.2, 0) is 9.53 Å². The Hall–Kier alpha value is -2.86. The summed E-state index contributed by atoms with van der Waals surface area (Å²) in [4.78, 5) is 26.9. The van der Waals surface area contributed by atoms with Crippen LogP contribution in [0.15, 0.2) is 42.5 Å². The van der Waals surface area contributed by atoms with E-state index in [0.29, 0.717) is 37.6 Å². The molecule has 2 amide bonds. The SMILES string of the molecule is Cc1cccc(OCCC(=O)Nc2ccccc2C(=O)N2CCOCC2)c1C. The zero-order chi connectivity index (χ0) is 19.9. The van der Waals surface area contributed by atoms with Gasteiger partial charge in [-0.15, -0.1) is 0 Å². The molecule has 0 aliphatic carbocycles. The second-order valence-electron chi connectivity index (χ2n) is 6.79. The van der Waals surface area contributed by atoms with Crippen molar-refractivity contribution in [1.82, 2.24) is 4.90 Å². The average Bonchev–Trinajstić information content (AvgIpc) is 2.72. The van der Waals surface area contributed by atoms with Gasteiger partial charge in [0.05, 0.1) is 37.5 Å². The lowest BCUT2D eigenvalue weighted by Gasteiger charge is -2.27. The minimum Gasteiger partial charge on any atom is -0.493 e. The van der Waals surface area contributed by atoms with Gasteiger partial charge < -0.3 is 19.7 Å². The number of aryl methyl sites for hydroxylation is 1. The summed E-state index contributed by atoms with van der Waals surface area (Å²) in [5, 5.41) is 2.85. The van der Waals surface area contributed by atoms with E-state index >= 15 is 0 Å². The Morgan fingerprint density at radius 1 is 1.07 bits per heavy atom. The number of amides is 2. The number of morpholine rings is 1. The Labute approximate surface area is 165 Å². The number of nitrogens with one attached hydrogen (secondary N) is 1. The van der Waals surface area contributed by atoms with Gasteiger partial charge in [0.25, 0.3) is 5.91 Å². The Kier molecular flexibility index (Phi) is 6.66. The maximum Gasteiger partial charge on any atom is 0.256 e. The predicted octanol–water partition coefficient (Wildman–Crippen LogP) is 3.18. The average molecular weight is 382 g/mol. The van der Waals surface area contributed by atoms with Crippen LogP contribution in [0, 0.1) is 13.8 Å². The summed E-state index contributed by atoms with van der Waals surface area (Å²) in [5.74, 6) is 0.508. The molecular formula is C22H26N2O4. The predicted molar refractivity (Wildman–Crippen MR) is 108 cm³/mol. The third-order valence-corrected chi connectivity index (χ3v) is 4.87. The van der Waals surface area contributed by atoms with Crippen LogP contribution in [0.3, 0.4) is 0 Å². The number of hydrogen-bond donors (Lipinski definition) is 1. The Bertz CT molecular complexity index is 844. The Balaban J connectivity index is 1.58. The fraction of sp³-hybridized carbons (Fsp3) is 0.364. The third-order valence-electron chi connectivity index (χ3n) is 4.87. The molecule has 2 aromatic carbocycles. The van der Waals surface area contributed by atoms with Gasteiger partial charge in [-0.3, -0.25) is 9.59 Å². The lowest BCUT2D eigenvalue weighted by molar-refractivity contribution is -0.116. The van der Waals surface area contributed by atoms with Crippen LogP contribution >= 0.6 is 0 Å². The lowest BCUT2D eigenvalue weighted by Crippen LogP contribution is -2.41. The Morgan fingerprint density at radius 3 is 2.61 bits per heavy atom. The van der Waals surface area contributed by atoms with Crippen LogP contribution in [0.25, 0.3) is 0 Å². The van der Waals surface area contributed by atoms with E-state index in [-0.39, 0.29) is 24.8 Å². The van der Waals surface area contributed by atoms with Crippen molar-refractivity contribution in [2.45, 2.75) is 20.3 Å². The topological polar surface area (TPSA) is 67.9 Å². The Morgan fingerprint density at radius 2 is 1.82 bits per heavy atom.